The van der Waals surface area contributed by atoms with Crippen molar-refractivity contribution in [1.29, 1.82) is 0 Å². The highest BCUT2D eigenvalue weighted by Crippen LogP contribution is 2.32. The van der Waals surface area contributed by atoms with Crippen molar-refractivity contribution in [3.05, 3.63) is 16.4 Å². The number of aromatic nitrogens is 2. The van der Waals surface area contributed by atoms with Crippen molar-refractivity contribution in [2.75, 3.05) is 6.54 Å². The molecule has 1 aromatic rings. The summed E-state index contributed by atoms with van der Waals surface area (Å²) in [5.41, 5.74) is -0.0374. The van der Waals surface area contributed by atoms with Crippen LogP contribution in [0.3, 0.4) is 0 Å². The number of nitrogens with zero attached hydrogens (tertiary/aromatic N) is 2. The van der Waals surface area contributed by atoms with E-state index in [1.807, 2.05) is 11.6 Å². The molecule has 0 bridgehead atoms. The lowest BCUT2D eigenvalue weighted by molar-refractivity contribution is 0.0362. The molecule has 104 valence electrons. The molecule has 1 aromatic heterocycles. The third kappa shape index (κ3) is 3.80. The summed E-state index contributed by atoms with van der Waals surface area (Å²) in [6.07, 6.45) is 2.40. The third-order valence-electron chi connectivity index (χ3n) is 2.91. The predicted molar refractivity (Wildman–Crippen MR) is 77.6 cm³/mol. The topological polar surface area (TPSA) is 50.1 Å². The molecule has 0 amide bonds. The van der Waals surface area contributed by atoms with Crippen LogP contribution in [-0.2, 0) is 5.60 Å². The van der Waals surface area contributed by atoms with Gasteiger partial charge in [0.1, 0.15) is 5.60 Å². The Morgan fingerprint density at radius 2 is 2.06 bits per heavy atom. The fraction of sp³-hybridized carbons (Fsp3) is 0.769. The normalized spacial score (nSPS) is 15.4. The molecular weight excluding hydrogens is 294 g/mol. The average molecular weight is 318 g/mol. The highest BCUT2D eigenvalue weighted by atomic mass is 79.9. The fourth-order valence-corrected chi connectivity index (χ4v) is 2.66. The molecule has 0 aliphatic heterocycles. The van der Waals surface area contributed by atoms with Crippen LogP contribution in [0.5, 0.6) is 0 Å². The third-order valence-corrected chi connectivity index (χ3v) is 3.49. The van der Waals surface area contributed by atoms with Gasteiger partial charge < -0.3 is 10.4 Å². The van der Waals surface area contributed by atoms with Gasteiger partial charge in [-0.3, -0.25) is 4.68 Å². The quantitative estimate of drug-likeness (QED) is 0.848. The zero-order chi connectivity index (χ0) is 13.9. The van der Waals surface area contributed by atoms with Crippen molar-refractivity contribution in [2.24, 2.45) is 0 Å². The van der Waals surface area contributed by atoms with Crippen LogP contribution in [-0.4, -0.2) is 27.5 Å². The molecule has 0 radical (unpaired) electrons. The van der Waals surface area contributed by atoms with E-state index in [9.17, 15) is 5.11 Å². The van der Waals surface area contributed by atoms with Gasteiger partial charge in [-0.15, -0.1) is 0 Å². The van der Waals surface area contributed by atoms with Crippen LogP contribution in [0.15, 0.2) is 10.7 Å². The molecule has 0 saturated heterocycles. The molecule has 1 atom stereocenters. The number of hydrogen-bond acceptors (Lipinski definition) is 3. The van der Waals surface area contributed by atoms with Gasteiger partial charge in [0.25, 0.3) is 0 Å². The number of hydrogen-bond donors (Lipinski definition) is 2. The van der Waals surface area contributed by atoms with Crippen LogP contribution >= 0.6 is 15.9 Å². The highest BCUT2D eigenvalue weighted by molar-refractivity contribution is 9.10. The van der Waals surface area contributed by atoms with Crippen molar-refractivity contribution in [1.82, 2.24) is 15.1 Å². The minimum absolute atomic E-state index is 0.232. The highest BCUT2D eigenvalue weighted by Gasteiger charge is 2.30. The molecule has 0 aromatic carbocycles. The minimum atomic E-state index is -0.887. The van der Waals surface area contributed by atoms with E-state index < -0.39 is 5.60 Å². The van der Waals surface area contributed by atoms with Crippen molar-refractivity contribution in [3.8, 4) is 0 Å². The number of rotatable bonds is 6. The molecule has 0 fully saturated rings. The summed E-state index contributed by atoms with van der Waals surface area (Å²) in [7, 11) is 0. The molecule has 2 N–H and O–H groups in total. The molecule has 1 heterocycles. The van der Waals surface area contributed by atoms with Crippen LogP contribution in [0.25, 0.3) is 0 Å². The van der Waals surface area contributed by atoms with Crippen LogP contribution in [0, 0.1) is 0 Å². The van der Waals surface area contributed by atoms with Crippen LogP contribution in [0.2, 0.25) is 0 Å². The maximum absolute atomic E-state index is 10.7. The minimum Gasteiger partial charge on any atom is -0.384 e. The van der Waals surface area contributed by atoms with Crippen molar-refractivity contribution >= 4 is 15.9 Å². The summed E-state index contributed by atoms with van der Waals surface area (Å²) in [4.78, 5) is 0. The van der Waals surface area contributed by atoms with Gasteiger partial charge in [0, 0.05) is 12.1 Å². The van der Waals surface area contributed by atoms with Gasteiger partial charge in [-0.1, -0.05) is 13.8 Å². The molecule has 0 spiro atoms. The Labute approximate surface area is 118 Å². The van der Waals surface area contributed by atoms with Crippen LogP contribution in [0.4, 0.5) is 0 Å². The van der Waals surface area contributed by atoms with E-state index in [0.717, 1.165) is 16.7 Å². The molecule has 5 heteroatoms. The van der Waals surface area contributed by atoms with Crippen LogP contribution in [0.1, 0.15) is 52.8 Å². The lowest BCUT2D eigenvalue weighted by Gasteiger charge is -2.27. The Kier molecular flexibility index (Phi) is 5.37. The first kappa shape index (κ1) is 15.7. The molecule has 1 rings (SSSR count). The van der Waals surface area contributed by atoms with Crippen molar-refractivity contribution < 1.29 is 5.11 Å². The van der Waals surface area contributed by atoms with E-state index >= 15 is 0 Å². The van der Waals surface area contributed by atoms with E-state index in [1.165, 1.54) is 0 Å². The first-order valence-corrected chi connectivity index (χ1v) is 7.24. The number of aliphatic hydroxyl groups is 1. The predicted octanol–water partition coefficient (Wildman–Crippen LogP) is 2.82. The summed E-state index contributed by atoms with van der Waals surface area (Å²) in [6.45, 7) is 10.9. The van der Waals surface area contributed by atoms with Gasteiger partial charge in [0.05, 0.1) is 16.4 Å². The lowest BCUT2D eigenvalue weighted by Crippen LogP contribution is -2.33. The molecule has 18 heavy (non-hydrogen) atoms. The summed E-state index contributed by atoms with van der Waals surface area (Å²) in [5.74, 6) is 0. The smallest absolute Gasteiger partial charge is 0.106 e. The van der Waals surface area contributed by atoms with E-state index in [1.54, 1.807) is 6.20 Å². The second-order valence-corrected chi connectivity index (χ2v) is 6.37. The average Bonchev–Trinajstić information content (AvgIpc) is 2.59. The van der Waals surface area contributed by atoms with Crippen molar-refractivity contribution in [3.63, 3.8) is 0 Å². The molecule has 0 aliphatic carbocycles. The molecular formula is C13H24BrN3O. The molecule has 4 nitrogen and oxygen atoms in total. The Bertz CT molecular complexity index is 386. The van der Waals surface area contributed by atoms with E-state index in [2.05, 4.69) is 54.0 Å². The standard InChI is InChI=1S/C13H24BrN3O/c1-9(2)15-7-6-13(5,18)12-11(14)8-16-17(12)10(3)4/h8-10,15,18H,6-7H2,1-5H3. The number of halogens is 1. The van der Waals surface area contributed by atoms with Crippen LogP contribution < -0.4 is 5.32 Å². The van der Waals surface area contributed by atoms with E-state index in [-0.39, 0.29) is 6.04 Å². The Morgan fingerprint density at radius 1 is 1.44 bits per heavy atom. The lowest BCUT2D eigenvalue weighted by atomic mass is 9.97. The van der Waals surface area contributed by atoms with E-state index in [4.69, 9.17) is 0 Å². The molecule has 0 aliphatic rings. The summed E-state index contributed by atoms with van der Waals surface area (Å²) < 4.78 is 2.74. The first-order valence-electron chi connectivity index (χ1n) is 6.45. The van der Waals surface area contributed by atoms with Gasteiger partial charge in [-0.25, -0.2) is 0 Å². The SMILES string of the molecule is CC(C)NCCC(C)(O)c1c(Br)cnn1C(C)C. The second kappa shape index (κ2) is 6.17. The van der Waals surface area contributed by atoms with Gasteiger partial charge in [0.15, 0.2) is 0 Å². The van der Waals surface area contributed by atoms with Gasteiger partial charge in [-0.2, -0.15) is 5.10 Å². The zero-order valence-electron chi connectivity index (χ0n) is 11.9. The molecule has 0 saturated carbocycles. The first-order chi connectivity index (χ1) is 8.25. The zero-order valence-corrected chi connectivity index (χ0v) is 13.5. The Balaban J connectivity index is 2.86. The maximum atomic E-state index is 10.7. The van der Waals surface area contributed by atoms with E-state index in [0.29, 0.717) is 12.5 Å². The summed E-state index contributed by atoms with van der Waals surface area (Å²) >= 11 is 3.48. The molecule has 1 unspecified atom stereocenters. The summed E-state index contributed by atoms with van der Waals surface area (Å²) in [5, 5.41) is 18.3. The van der Waals surface area contributed by atoms with Gasteiger partial charge in [-0.05, 0) is 49.7 Å². The van der Waals surface area contributed by atoms with Gasteiger partial charge in [0.2, 0.25) is 0 Å². The second-order valence-electron chi connectivity index (χ2n) is 5.51. The Morgan fingerprint density at radius 3 is 2.56 bits per heavy atom. The maximum Gasteiger partial charge on any atom is 0.106 e. The largest absolute Gasteiger partial charge is 0.384 e. The van der Waals surface area contributed by atoms with Crippen molar-refractivity contribution in [2.45, 2.75) is 58.7 Å². The monoisotopic (exact) mass is 317 g/mol. The number of nitrogens with one attached hydrogen (secondary N) is 1. The fourth-order valence-electron chi connectivity index (χ4n) is 1.96. The Hall–Kier alpha value is -0.390. The van der Waals surface area contributed by atoms with Gasteiger partial charge >= 0.3 is 0 Å². The summed E-state index contributed by atoms with van der Waals surface area (Å²) in [6, 6.07) is 0.662.